The van der Waals surface area contributed by atoms with E-state index in [1.54, 1.807) is 20.8 Å². The number of ether oxygens (including phenoxy) is 1. The lowest BCUT2D eigenvalue weighted by Gasteiger charge is -2.32. The van der Waals surface area contributed by atoms with E-state index < -0.39 is 22.9 Å². The Morgan fingerprint density at radius 2 is 2.05 bits per heavy atom. The van der Waals surface area contributed by atoms with Crippen molar-refractivity contribution < 1.29 is 9.53 Å². The van der Waals surface area contributed by atoms with Gasteiger partial charge in [-0.15, -0.1) is 0 Å². The lowest BCUT2D eigenvalue weighted by Crippen LogP contribution is -2.47. The third-order valence-corrected chi connectivity index (χ3v) is 3.11. The van der Waals surface area contributed by atoms with Gasteiger partial charge in [0.1, 0.15) is 16.6 Å². The Morgan fingerprint density at radius 1 is 1.45 bits per heavy atom. The Kier molecular flexibility index (Phi) is 3.32. The minimum atomic E-state index is -0.613. The van der Waals surface area contributed by atoms with Crippen LogP contribution in [0.4, 0.5) is 10.6 Å². The second kappa shape index (κ2) is 4.48. The molecule has 1 aliphatic rings. The van der Waals surface area contributed by atoms with Crippen LogP contribution in [-0.2, 0) is 11.3 Å². The van der Waals surface area contributed by atoms with Crippen LogP contribution in [0.2, 0.25) is 5.15 Å². The fourth-order valence-corrected chi connectivity index (χ4v) is 2.39. The van der Waals surface area contributed by atoms with Gasteiger partial charge in [-0.1, -0.05) is 11.6 Å². The maximum atomic E-state index is 12.4. The zero-order valence-corrected chi connectivity index (χ0v) is 13.0. The first-order valence-electron chi connectivity index (χ1n) is 6.32. The Morgan fingerprint density at radius 3 is 2.60 bits per heavy atom. The number of nitrogens with zero attached hydrogens (tertiary/aromatic N) is 3. The zero-order valence-electron chi connectivity index (χ0n) is 12.2. The molecule has 0 aliphatic carbocycles. The Balaban J connectivity index is 2.49. The minimum absolute atomic E-state index is 0.0625. The molecule has 1 amide bonds. The van der Waals surface area contributed by atoms with Crippen LogP contribution in [0.3, 0.4) is 0 Å². The van der Waals surface area contributed by atoms with E-state index in [1.807, 2.05) is 13.8 Å². The fraction of sp³-hybridized carbons (Fsp3) is 0.615. The van der Waals surface area contributed by atoms with Crippen molar-refractivity contribution in [2.24, 2.45) is 0 Å². The molecule has 0 radical (unpaired) electrons. The maximum absolute atomic E-state index is 12.4. The topological polar surface area (TPSA) is 64.4 Å². The van der Waals surface area contributed by atoms with E-state index in [0.717, 1.165) is 0 Å². The highest BCUT2D eigenvalue weighted by atomic mass is 35.5. The van der Waals surface area contributed by atoms with Gasteiger partial charge in [-0.05, 0) is 34.6 Å². The summed E-state index contributed by atoms with van der Waals surface area (Å²) in [4.78, 5) is 29.4. The third kappa shape index (κ3) is 2.65. The molecule has 0 saturated carbocycles. The fourth-order valence-electron chi connectivity index (χ4n) is 2.22. The van der Waals surface area contributed by atoms with E-state index in [1.165, 1.54) is 15.5 Å². The van der Waals surface area contributed by atoms with E-state index in [4.69, 9.17) is 16.3 Å². The molecule has 0 atom stereocenters. The van der Waals surface area contributed by atoms with E-state index in [9.17, 15) is 9.59 Å². The molecule has 1 aromatic rings. The molecule has 2 rings (SSSR count). The predicted molar refractivity (Wildman–Crippen MR) is 76.3 cm³/mol. The number of aromatic nitrogens is 2. The molecule has 0 fully saturated rings. The minimum Gasteiger partial charge on any atom is -0.443 e. The van der Waals surface area contributed by atoms with Gasteiger partial charge >= 0.3 is 11.8 Å². The second-order valence-electron chi connectivity index (χ2n) is 6.43. The molecule has 0 saturated heterocycles. The first kappa shape index (κ1) is 14.8. The number of amides is 1. The van der Waals surface area contributed by atoms with Gasteiger partial charge < -0.3 is 4.74 Å². The summed E-state index contributed by atoms with van der Waals surface area (Å²) in [6.45, 7) is 9.45. The molecule has 7 heteroatoms. The molecule has 20 heavy (non-hydrogen) atoms. The molecule has 0 N–H and O–H groups in total. The molecule has 6 nitrogen and oxygen atoms in total. The van der Waals surface area contributed by atoms with Crippen LogP contribution in [0, 0.1) is 0 Å². The van der Waals surface area contributed by atoms with Crippen LogP contribution in [0.1, 0.15) is 34.6 Å². The van der Waals surface area contributed by atoms with Crippen LogP contribution >= 0.6 is 11.6 Å². The summed E-state index contributed by atoms with van der Waals surface area (Å²) in [7, 11) is 0. The van der Waals surface area contributed by atoms with E-state index in [-0.39, 0.29) is 5.15 Å². The number of carbonyl (C=O) groups excluding carboxylic acids is 1. The van der Waals surface area contributed by atoms with Crippen molar-refractivity contribution in [3.8, 4) is 0 Å². The first-order valence-corrected chi connectivity index (χ1v) is 6.70. The normalized spacial score (nSPS) is 17.0. The van der Waals surface area contributed by atoms with Gasteiger partial charge in [0.15, 0.2) is 0 Å². The smallest absolute Gasteiger partial charge is 0.416 e. The number of anilines is 1. The van der Waals surface area contributed by atoms with Crippen LogP contribution in [-0.4, -0.2) is 26.8 Å². The monoisotopic (exact) mass is 299 g/mol. The van der Waals surface area contributed by atoms with Gasteiger partial charge in [-0.25, -0.2) is 9.59 Å². The van der Waals surface area contributed by atoms with Crippen molar-refractivity contribution >= 4 is 23.5 Å². The molecule has 0 unspecified atom stereocenters. The predicted octanol–water partition coefficient (Wildman–Crippen LogP) is 2.43. The average Bonchev–Trinajstić information content (AvgIpc) is 2.46. The van der Waals surface area contributed by atoms with Crippen molar-refractivity contribution in [3.63, 3.8) is 0 Å². The Bertz CT molecular complexity index is 616. The summed E-state index contributed by atoms with van der Waals surface area (Å²) in [6, 6.07) is 1.50. The second-order valence-corrected chi connectivity index (χ2v) is 6.82. The number of halogens is 1. The lowest BCUT2D eigenvalue weighted by atomic mass is 10.1. The van der Waals surface area contributed by atoms with Gasteiger partial charge in [0.2, 0.25) is 0 Å². The van der Waals surface area contributed by atoms with E-state index in [2.05, 4.69) is 4.98 Å². The van der Waals surface area contributed by atoms with E-state index in [0.29, 0.717) is 12.4 Å². The molecule has 0 aromatic carbocycles. The number of rotatable bonds is 0. The van der Waals surface area contributed by atoms with E-state index >= 15 is 0 Å². The SMILES string of the molecule is CC(C)(C)OC(=O)N1c2cc(Cl)nc(=O)n2CC1(C)C. The quantitative estimate of drug-likeness (QED) is 0.690. The number of hydrogen-bond donors (Lipinski definition) is 0. The molecule has 1 aliphatic heterocycles. The van der Waals surface area contributed by atoms with Crippen LogP contribution in [0.15, 0.2) is 10.9 Å². The van der Waals surface area contributed by atoms with Crippen molar-refractivity contribution in [1.29, 1.82) is 0 Å². The molecule has 0 bridgehead atoms. The van der Waals surface area contributed by atoms with Crippen molar-refractivity contribution in [2.45, 2.75) is 52.3 Å². The number of hydrogen-bond acceptors (Lipinski definition) is 4. The summed E-state index contributed by atoms with van der Waals surface area (Å²) >= 11 is 5.82. The lowest BCUT2D eigenvalue weighted by molar-refractivity contribution is 0.0552. The molecular weight excluding hydrogens is 282 g/mol. The van der Waals surface area contributed by atoms with Gasteiger partial charge in [0.05, 0.1) is 12.1 Å². The largest absolute Gasteiger partial charge is 0.443 e. The maximum Gasteiger partial charge on any atom is 0.416 e. The Hall–Kier alpha value is -1.56. The molecule has 0 spiro atoms. The molecule has 1 aromatic heterocycles. The number of fused-ring (bicyclic) bond motifs is 1. The standard InChI is InChI=1S/C13H18ClN3O3/c1-12(2,3)20-11(19)17-9-6-8(14)15-10(18)16(9)7-13(17,4)5/h6H,7H2,1-5H3. The highest BCUT2D eigenvalue weighted by Gasteiger charge is 2.43. The first-order chi connectivity index (χ1) is 9.01. The number of carbonyl (C=O) groups is 1. The molecule has 110 valence electrons. The Labute approximate surface area is 122 Å². The summed E-state index contributed by atoms with van der Waals surface area (Å²) in [6.07, 6.45) is -0.504. The average molecular weight is 300 g/mol. The summed E-state index contributed by atoms with van der Waals surface area (Å²) < 4.78 is 6.83. The van der Waals surface area contributed by atoms with Crippen LogP contribution < -0.4 is 10.6 Å². The van der Waals surface area contributed by atoms with Gasteiger partial charge in [0, 0.05) is 6.07 Å². The van der Waals surface area contributed by atoms with Gasteiger partial charge in [0.25, 0.3) is 0 Å². The summed E-state index contributed by atoms with van der Waals surface area (Å²) in [5.74, 6) is 0.411. The van der Waals surface area contributed by atoms with Crippen molar-refractivity contribution in [3.05, 3.63) is 21.7 Å². The summed E-state index contributed by atoms with van der Waals surface area (Å²) in [5.41, 5.74) is -1.66. The summed E-state index contributed by atoms with van der Waals surface area (Å²) in [5, 5.41) is 0.0625. The van der Waals surface area contributed by atoms with Crippen LogP contribution in [0.5, 0.6) is 0 Å². The van der Waals surface area contributed by atoms with Gasteiger partial charge in [-0.3, -0.25) is 9.47 Å². The third-order valence-electron chi connectivity index (χ3n) is 2.91. The van der Waals surface area contributed by atoms with Crippen molar-refractivity contribution in [2.75, 3.05) is 4.90 Å². The van der Waals surface area contributed by atoms with Gasteiger partial charge in [-0.2, -0.15) is 4.98 Å². The highest BCUT2D eigenvalue weighted by Crippen LogP contribution is 2.34. The van der Waals surface area contributed by atoms with Crippen molar-refractivity contribution in [1.82, 2.24) is 9.55 Å². The van der Waals surface area contributed by atoms with Crippen LogP contribution in [0.25, 0.3) is 0 Å². The molecular formula is C13H18ClN3O3. The molecule has 2 heterocycles. The zero-order chi connectivity index (χ0) is 15.3. The highest BCUT2D eigenvalue weighted by molar-refractivity contribution is 6.29.